The summed E-state index contributed by atoms with van der Waals surface area (Å²) in [5, 5.41) is 26.2. The lowest BCUT2D eigenvalue weighted by Gasteiger charge is -2.04. The first-order chi connectivity index (χ1) is 12.1. The number of carbonyl (C=O) groups excluding carboxylic acids is 1. The Balaban J connectivity index is 1.73. The molecule has 3 aromatic carbocycles. The lowest BCUT2D eigenvalue weighted by Crippen LogP contribution is -2.17. The van der Waals surface area contributed by atoms with Crippen molar-refractivity contribution in [3.63, 3.8) is 0 Å². The smallest absolute Gasteiger partial charge is 0.271 e. The molecule has 124 valence electrons. The van der Waals surface area contributed by atoms with Gasteiger partial charge in [0.2, 0.25) is 0 Å². The minimum atomic E-state index is -0.539. The summed E-state index contributed by atoms with van der Waals surface area (Å²) in [6.45, 7) is 0. The van der Waals surface area contributed by atoms with Gasteiger partial charge in [-0.3, -0.25) is 14.9 Å². The van der Waals surface area contributed by atoms with Crippen molar-refractivity contribution in [2.45, 2.75) is 0 Å². The zero-order valence-corrected chi connectivity index (χ0v) is 12.9. The van der Waals surface area contributed by atoms with Gasteiger partial charge >= 0.3 is 0 Å². The van der Waals surface area contributed by atoms with E-state index in [1.807, 2.05) is 24.3 Å². The maximum absolute atomic E-state index is 12.0. The monoisotopic (exact) mass is 335 g/mol. The van der Waals surface area contributed by atoms with Gasteiger partial charge in [-0.05, 0) is 23.6 Å². The number of nitro benzene ring substituents is 1. The Morgan fingerprint density at radius 1 is 1.08 bits per heavy atom. The van der Waals surface area contributed by atoms with Crippen molar-refractivity contribution < 1.29 is 14.8 Å². The second kappa shape index (κ2) is 6.79. The van der Waals surface area contributed by atoms with E-state index < -0.39 is 10.8 Å². The summed E-state index contributed by atoms with van der Waals surface area (Å²) >= 11 is 0. The van der Waals surface area contributed by atoms with E-state index in [0.29, 0.717) is 10.9 Å². The van der Waals surface area contributed by atoms with Crippen molar-refractivity contribution in [1.29, 1.82) is 0 Å². The lowest BCUT2D eigenvalue weighted by atomic mass is 10.1. The first-order valence-corrected chi connectivity index (χ1v) is 7.35. The molecule has 0 unspecified atom stereocenters. The number of nitrogens with zero attached hydrogens (tertiary/aromatic N) is 2. The maximum atomic E-state index is 12.0. The van der Waals surface area contributed by atoms with Gasteiger partial charge in [0.15, 0.2) is 0 Å². The Kier molecular flexibility index (Phi) is 4.38. The predicted octanol–water partition coefficient (Wildman–Crippen LogP) is 3.22. The van der Waals surface area contributed by atoms with Crippen LogP contribution >= 0.6 is 0 Å². The van der Waals surface area contributed by atoms with Crippen LogP contribution < -0.4 is 5.43 Å². The number of non-ortho nitro benzene ring substituents is 1. The van der Waals surface area contributed by atoms with Crippen molar-refractivity contribution >= 4 is 28.6 Å². The molecule has 2 N–H and O–H groups in total. The van der Waals surface area contributed by atoms with E-state index in [-0.39, 0.29) is 17.0 Å². The minimum absolute atomic E-state index is 0.0754. The van der Waals surface area contributed by atoms with E-state index in [9.17, 15) is 20.0 Å². The number of benzene rings is 3. The van der Waals surface area contributed by atoms with Crippen molar-refractivity contribution in [3.05, 3.63) is 81.9 Å². The fourth-order valence-electron chi connectivity index (χ4n) is 2.34. The van der Waals surface area contributed by atoms with Crippen LogP contribution in [0.15, 0.2) is 65.8 Å². The summed E-state index contributed by atoms with van der Waals surface area (Å²) in [5.74, 6) is -0.433. The van der Waals surface area contributed by atoms with Gasteiger partial charge in [-0.2, -0.15) is 5.10 Å². The van der Waals surface area contributed by atoms with Gasteiger partial charge in [0.25, 0.3) is 11.6 Å². The quantitative estimate of drug-likeness (QED) is 0.434. The van der Waals surface area contributed by atoms with Crippen LogP contribution in [0, 0.1) is 10.1 Å². The Morgan fingerprint density at radius 2 is 1.80 bits per heavy atom. The predicted molar refractivity (Wildman–Crippen MR) is 93.8 cm³/mol. The van der Waals surface area contributed by atoms with Crippen molar-refractivity contribution in [1.82, 2.24) is 5.43 Å². The molecule has 0 aliphatic rings. The van der Waals surface area contributed by atoms with E-state index in [0.717, 1.165) is 5.39 Å². The summed E-state index contributed by atoms with van der Waals surface area (Å²) in [6.07, 6.45) is 1.34. The third-order valence-electron chi connectivity index (χ3n) is 3.64. The molecule has 25 heavy (non-hydrogen) atoms. The summed E-state index contributed by atoms with van der Waals surface area (Å²) in [7, 11) is 0. The molecule has 0 atom stereocenters. The largest absolute Gasteiger partial charge is 0.507 e. The Hall–Kier alpha value is -3.74. The van der Waals surface area contributed by atoms with Crippen LogP contribution in [-0.2, 0) is 0 Å². The fraction of sp³-hybridized carbons (Fsp3) is 0. The van der Waals surface area contributed by atoms with E-state index in [1.165, 1.54) is 30.5 Å². The topological polar surface area (TPSA) is 105 Å². The normalized spacial score (nSPS) is 10.9. The van der Waals surface area contributed by atoms with Gasteiger partial charge in [0, 0.05) is 28.6 Å². The highest BCUT2D eigenvalue weighted by Gasteiger charge is 2.09. The van der Waals surface area contributed by atoms with Gasteiger partial charge in [-0.15, -0.1) is 0 Å². The molecule has 7 nitrogen and oxygen atoms in total. The van der Waals surface area contributed by atoms with E-state index in [4.69, 9.17) is 0 Å². The number of hydrogen-bond donors (Lipinski definition) is 2. The van der Waals surface area contributed by atoms with Crippen LogP contribution in [0.5, 0.6) is 5.75 Å². The van der Waals surface area contributed by atoms with Gasteiger partial charge in [-0.1, -0.05) is 30.3 Å². The van der Waals surface area contributed by atoms with E-state index in [2.05, 4.69) is 10.5 Å². The van der Waals surface area contributed by atoms with Gasteiger partial charge in [-0.25, -0.2) is 5.43 Å². The van der Waals surface area contributed by atoms with Crippen LogP contribution in [0.4, 0.5) is 5.69 Å². The van der Waals surface area contributed by atoms with Crippen molar-refractivity contribution in [2.75, 3.05) is 0 Å². The molecule has 1 amide bonds. The fourth-order valence-corrected chi connectivity index (χ4v) is 2.34. The Bertz CT molecular complexity index is 981. The second-order valence-corrected chi connectivity index (χ2v) is 5.23. The van der Waals surface area contributed by atoms with Crippen LogP contribution in [0.25, 0.3) is 10.8 Å². The third kappa shape index (κ3) is 3.45. The molecule has 3 rings (SSSR count). The molecule has 0 fully saturated rings. The van der Waals surface area contributed by atoms with Crippen molar-refractivity contribution in [3.8, 4) is 5.75 Å². The molecule has 0 saturated heterocycles. The molecule has 0 aliphatic heterocycles. The summed E-state index contributed by atoms with van der Waals surface area (Å²) < 4.78 is 0. The molecule has 7 heteroatoms. The highest BCUT2D eigenvalue weighted by atomic mass is 16.6. The van der Waals surface area contributed by atoms with Gasteiger partial charge in [0.1, 0.15) is 5.75 Å². The molecule has 0 bridgehead atoms. The SMILES string of the molecule is O=C(N/N=C\c1ccc2ccccc2c1O)c1ccc([N+](=O)[O-])cc1. The number of fused-ring (bicyclic) bond motifs is 1. The average Bonchev–Trinajstić information content (AvgIpc) is 2.64. The number of nitro groups is 1. The molecule has 0 spiro atoms. The van der Waals surface area contributed by atoms with Gasteiger partial charge in [0.05, 0.1) is 11.1 Å². The minimum Gasteiger partial charge on any atom is -0.507 e. The number of rotatable bonds is 4. The average molecular weight is 335 g/mol. The Morgan fingerprint density at radius 3 is 2.52 bits per heavy atom. The molecule has 0 aromatic heterocycles. The first kappa shape index (κ1) is 16.1. The lowest BCUT2D eigenvalue weighted by molar-refractivity contribution is -0.384. The molecular formula is C18H13N3O4. The van der Waals surface area contributed by atoms with Crippen LogP contribution in [0.3, 0.4) is 0 Å². The van der Waals surface area contributed by atoms with Crippen LogP contribution in [0.2, 0.25) is 0 Å². The summed E-state index contributed by atoms with van der Waals surface area (Å²) in [5.41, 5.74) is 2.93. The number of hydrazone groups is 1. The highest BCUT2D eigenvalue weighted by Crippen LogP contribution is 2.27. The summed E-state index contributed by atoms with van der Waals surface area (Å²) in [6, 6.07) is 16.1. The maximum Gasteiger partial charge on any atom is 0.271 e. The second-order valence-electron chi connectivity index (χ2n) is 5.23. The number of hydrogen-bond acceptors (Lipinski definition) is 5. The zero-order valence-electron chi connectivity index (χ0n) is 12.9. The number of nitrogens with one attached hydrogen (secondary N) is 1. The molecule has 3 aromatic rings. The molecular weight excluding hydrogens is 322 g/mol. The van der Waals surface area contributed by atoms with Crippen molar-refractivity contribution in [2.24, 2.45) is 5.10 Å². The number of phenols is 1. The molecule has 0 saturated carbocycles. The number of phenolic OH excluding ortho intramolecular Hbond substituents is 1. The third-order valence-corrected chi connectivity index (χ3v) is 3.64. The molecule has 0 heterocycles. The van der Waals surface area contributed by atoms with Gasteiger partial charge < -0.3 is 5.11 Å². The Labute approximate surface area is 142 Å². The van der Waals surface area contributed by atoms with Crippen LogP contribution in [-0.4, -0.2) is 22.2 Å². The van der Waals surface area contributed by atoms with Crippen LogP contribution in [0.1, 0.15) is 15.9 Å². The molecule has 0 radical (unpaired) electrons. The number of aromatic hydroxyl groups is 1. The zero-order chi connectivity index (χ0) is 17.8. The summed E-state index contributed by atoms with van der Waals surface area (Å²) in [4.78, 5) is 22.0. The molecule has 0 aliphatic carbocycles. The van der Waals surface area contributed by atoms with E-state index in [1.54, 1.807) is 12.1 Å². The first-order valence-electron chi connectivity index (χ1n) is 7.35. The van der Waals surface area contributed by atoms with E-state index >= 15 is 0 Å². The standard InChI is InChI=1S/C18H13N3O4/c22-17-14(6-5-12-3-1-2-4-16(12)17)11-19-20-18(23)13-7-9-15(10-8-13)21(24)25/h1-11,22H,(H,20,23)/b19-11-. The number of amides is 1. The highest BCUT2D eigenvalue weighted by molar-refractivity contribution is 5.98. The number of carbonyl (C=O) groups is 1.